The summed E-state index contributed by atoms with van der Waals surface area (Å²) >= 11 is 3.14. The van der Waals surface area contributed by atoms with Gasteiger partial charge in [-0.1, -0.05) is 20.8 Å². The van der Waals surface area contributed by atoms with Crippen molar-refractivity contribution < 1.29 is 24.6 Å². The number of aryl methyl sites for hydroxylation is 3. The van der Waals surface area contributed by atoms with E-state index in [2.05, 4.69) is 33.1 Å². The SMILES string of the molecule is CC(=O)Nc1nc(CCc2ccc(CCCNC(NC(=O)O)(N(C(=O)O)C(C)(C)C)C(C)(C)C)s2)cs1. The van der Waals surface area contributed by atoms with E-state index in [0.29, 0.717) is 18.1 Å². The third kappa shape index (κ3) is 8.41. The lowest BCUT2D eigenvalue weighted by Gasteiger charge is -2.55. The van der Waals surface area contributed by atoms with Crippen molar-refractivity contribution in [3.05, 3.63) is 33.0 Å². The normalized spacial score (nSPS) is 13.6. The lowest BCUT2D eigenvalue weighted by atomic mass is 9.82. The van der Waals surface area contributed by atoms with E-state index in [-0.39, 0.29) is 5.91 Å². The number of carbonyl (C=O) groups is 3. The molecule has 0 aromatic carbocycles. The first kappa shape index (κ1) is 30.5. The molecule has 0 aliphatic heterocycles. The number of nitrogens with zero attached hydrogens (tertiary/aromatic N) is 2. The number of nitrogens with one attached hydrogen (secondary N) is 3. The van der Waals surface area contributed by atoms with Crippen LogP contribution in [0.2, 0.25) is 0 Å². The minimum absolute atomic E-state index is 0.133. The first-order valence-corrected chi connectivity index (χ1v) is 13.8. The number of anilines is 1. The molecule has 1 unspecified atom stereocenters. The van der Waals surface area contributed by atoms with Gasteiger partial charge in [-0.15, -0.1) is 22.7 Å². The summed E-state index contributed by atoms with van der Waals surface area (Å²) in [5.74, 6) is -1.67. The second kappa shape index (κ2) is 12.2. The van der Waals surface area contributed by atoms with Gasteiger partial charge < -0.3 is 15.5 Å². The molecule has 2 rings (SSSR count). The van der Waals surface area contributed by atoms with Crippen molar-refractivity contribution in [3.63, 3.8) is 0 Å². The van der Waals surface area contributed by atoms with Gasteiger partial charge in [0.15, 0.2) is 10.9 Å². The number of hydrogen-bond donors (Lipinski definition) is 5. The summed E-state index contributed by atoms with van der Waals surface area (Å²) < 4.78 is 0. The third-order valence-electron chi connectivity index (χ3n) is 5.73. The van der Waals surface area contributed by atoms with Crippen molar-refractivity contribution in [1.29, 1.82) is 0 Å². The molecule has 1 atom stereocenters. The highest BCUT2D eigenvalue weighted by Crippen LogP contribution is 2.36. The number of hydrogen-bond acceptors (Lipinski definition) is 7. The molecule has 0 aliphatic rings. The molecular weight excluding hydrogens is 514 g/mol. The quantitative estimate of drug-likeness (QED) is 0.190. The fraction of sp³-hybridized carbons (Fsp3) is 0.600. The summed E-state index contributed by atoms with van der Waals surface area (Å²) in [5, 5.41) is 30.7. The Labute approximate surface area is 226 Å². The number of aromatic nitrogens is 1. The summed E-state index contributed by atoms with van der Waals surface area (Å²) in [7, 11) is 0. The molecule has 0 spiro atoms. The summed E-state index contributed by atoms with van der Waals surface area (Å²) in [4.78, 5) is 43.3. The summed E-state index contributed by atoms with van der Waals surface area (Å²) in [5.41, 5.74) is -0.709. The van der Waals surface area contributed by atoms with E-state index in [1.54, 1.807) is 32.1 Å². The van der Waals surface area contributed by atoms with Gasteiger partial charge in [0, 0.05) is 33.0 Å². The second-order valence-corrected chi connectivity index (χ2v) is 13.0. The molecule has 2 heterocycles. The zero-order valence-electron chi connectivity index (χ0n) is 22.6. The lowest BCUT2D eigenvalue weighted by Crippen LogP contribution is -2.79. The Kier molecular flexibility index (Phi) is 10.1. The zero-order valence-corrected chi connectivity index (χ0v) is 24.2. The van der Waals surface area contributed by atoms with Gasteiger partial charge >= 0.3 is 12.2 Å². The van der Waals surface area contributed by atoms with Crippen LogP contribution in [0.1, 0.15) is 70.3 Å². The fourth-order valence-electron chi connectivity index (χ4n) is 4.16. The highest BCUT2D eigenvalue weighted by Gasteiger charge is 2.54. The van der Waals surface area contributed by atoms with Gasteiger partial charge in [0.25, 0.3) is 0 Å². The Morgan fingerprint density at radius 3 is 2.14 bits per heavy atom. The van der Waals surface area contributed by atoms with Crippen LogP contribution >= 0.6 is 22.7 Å². The summed E-state index contributed by atoms with van der Waals surface area (Å²) in [6, 6.07) is 4.20. The van der Waals surface area contributed by atoms with Crippen LogP contribution in [0.25, 0.3) is 0 Å². The van der Waals surface area contributed by atoms with E-state index in [0.717, 1.165) is 29.9 Å². The van der Waals surface area contributed by atoms with Crippen LogP contribution < -0.4 is 16.0 Å². The summed E-state index contributed by atoms with van der Waals surface area (Å²) in [6.07, 6.45) is 0.589. The first-order chi connectivity index (χ1) is 17.0. The number of thiophene rings is 1. The van der Waals surface area contributed by atoms with Gasteiger partial charge in [0.05, 0.1) is 5.69 Å². The van der Waals surface area contributed by atoms with Gasteiger partial charge in [-0.2, -0.15) is 0 Å². The molecule has 206 valence electrons. The molecule has 0 saturated carbocycles. The molecule has 10 nitrogen and oxygen atoms in total. The van der Waals surface area contributed by atoms with Crippen molar-refractivity contribution in [2.75, 3.05) is 11.9 Å². The van der Waals surface area contributed by atoms with E-state index in [4.69, 9.17) is 0 Å². The van der Waals surface area contributed by atoms with Gasteiger partial charge in [0.1, 0.15) is 0 Å². The van der Waals surface area contributed by atoms with E-state index in [1.165, 1.54) is 28.0 Å². The third-order valence-corrected chi connectivity index (χ3v) is 7.74. The molecule has 0 bridgehead atoms. The molecule has 12 heteroatoms. The molecule has 2 aromatic heterocycles. The van der Waals surface area contributed by atoms with E-state index < -0.39 is 28.9 Å². The molecule has 5 N–H and O–H groups in total. The first-order valence-electron chi connectivity index (χ1n) is 12.1. The van der Waals surface area contributed by atoms with E-state index >= 15 is 0 Å². The number of thiazole rings is 1. The highest BCUT2D eigenvalue weighted by molar-refractivity contribution is 7.14. The monoisotopic (exact) mass is 553 g/mol. The van der Waals surface area contributed by atoms with Crippen molar-refractivity contribution in [3.8, 4) is 0 Å². The Morgan fingerprint density at radius 2 is 1.62 bits per heavy atom. The highest BCUT2D eigenvalue weighted by atomic mass is 32.1. The van der Waals surface area contributed by atoms with E-state index in [9.17, 15) is 24.6 Å². The van der Waals surface area contributed by atoms with Gasteiger partial charge in [0.2, 0.25) is 5.91 Å². The molecule has 0 fully saturated rings. The Morgan fingerprint density at radius 1 is 1.00 bits per heavy atom. The van der Waals surface area contributed by atoms with Crippen molar-refractivity contribution in [2.24, 2.45) is 5.41 Å². The molecule has 0 aliphatic carbocycles. The fourth-order valence-corrected chi connectivity index (χ4v) is 6.01. The maximum Gasteiger partial charge on any atom is 0.410 e. The number of rotatable bonds is 11. The van der Waals surface area contributed by atoms with Crippen molar-refractivity contribution in [2.45, 2.75) is 85.5 Å². The number of amides is 3. The second-order valence-electron chi connectivity index (χ2n) is 10.9. The standard InChI is InChI=1S/C25H39N5O5S2/c1-16(31)27-20-28-17(15-36-20)10-11-19-13-12-18(37-19)9-8-14-26-25(23(2,3)4,29-21(32)33)30(22(34)35)24(5,6)7/h12-13,15,26,29H,8-11,14H2,1-7H3,(H,32,33)(H,34,35)(H,27,28,31). The van der Waals surface area contributed by atoms with Crippen LogP contribution in [-0.2, 0) is 24.1 Å². The lowest BCUT2D eigenvalue weighted by molar-refractivity contribution is -0.114. The van der Waals surface area contributed by atoms with Crippen molar-refractivity contribution in [1.82, 2.24) is 20.5 Å². The summed E-state index contributed by atoms with van der Waals surface area (Å²) in [6.45, 7) is 12.5. The number of carboxylic acid groups (broad SMARTS) is 2. The molecule has 37 heavy (non-hydrogen) atoms. The molecule has 3 amide bonds. The van der Waals surface area contributed by atoms with Gasteiger partial charge in [-0.25, -0.2) is 14.6 Å². The molecular formula is C25H39N5O5S2. The molecule has 0 radical (unpaired) electrons. The topological polar surface area (TPSA) is 144 Å². The zero-order chi connectivity index (χ0) is 28.0. The maximum absolute atomic E-state index is 12.3. The molecule has 0 saturated heterocycles. The minimum Gasteiger partial charge on any atom is -0.465 e. The average Bonchev–Trinajstić information content (AvgIpc) is 3.35. The van der Waals surface area contributed by atoms with Gasteiger partial charge in [-0.3, -0.25) is 20.3 Å². The van der Waals surface area contributed by atoms with Gasteiger partial charge in [-0.05, 0) is 65.1 Å². The largest absolute Gasteiger partial charge is 0.465 e. The van der Waals surface area contributed by atoms with Crippen LogP contribution in [0, 0.1) is 5.41 Å². The predicted molar refractivity (Wildman–Crippen MR) is 147 cm³/mol. The smallest absolute Gasteiger partial charge is 0.410 e. The number of carbonyl (C=O) groups excluding carboxylic acids is 1. The Hall–Kier alpha value is -2.70. The van der Waals surface area contributed by atoms with Crippen molar-refractivity contribution >= 4 is 45.9 Å². The van der Waals surface area contributed by atoms with Crippen LogP contribution in [-0.4, -0.2) is 56.1 Å². The van der Waals surface area contributed by atoms with Crippen LogP contribution in [0.3, 0.4) is 0 Å². The van der Waals surface area contributed by atoms with Crippen LogP contribution in [0.4, 0.5) is 14.7 Å². The minimum atomic E-state index is -1.53. The predicted octanol–water partition coefficient (Wildman–Crippen LogP) is 5.22. The average molecular weight is 554 g/mol. The Balaban J connectivity index is 2.03. The van der Waals surface area contributed by atoms with E-state index in [1.807, 2.05) is 26.2 Å². The molecule has 2 aromatic rings. The maximum atomic E-state index is 12.3. The van der Waals surface area contributed by atoms with Crippen LogP contribution in [0.5, 0.6) is 0 Å². The van der Waals surface area contributed by atoms with Crippen LogP contribution in [0.15, 0.2) is 17.5 Å². The Bertz CT molecular complexity index is 1090.